The Morgan fingerprint density at radius 1 is 1.55 bits per heavy atom. The van der Waals surface area contributed by atoms with Crippen LogP contribution >= 0.6 is 7.68 Å². The van der Waals surface area contributed by atoms with Gasteiger partial charge in [-0.1, -0.05) is 0 Å². The second-order valence-electron chi connectivity index (χ2n) is 2.41. The van der Waals surface area contributed by atoms with Gasteiger partial charge in [0, 0.05) is 0 Å². The molecular formula is C5H9O5P. The Morgan fingerprint density at radius 2 is 1.91 bits per heavy atom. The predicted octanol–water partition coefficient (Wildman–Crippen LogP) is 0.383. The van der Waals surface area contributed by atoms with Crippen LogP contribution < -0.4 is 0 Å². The molecule has 0 aliphatic heterocycles. The molecule has 0 aromatic rings. The van der Waals surface area contributed by atoms with E-state index in [1.807, 2.05) is 0 Å². The predicted molar refractivity (Wildman–Crippen MR) is 36.0 cm³/mol. The van der Waals surface area contributed by atoms with E-state index >= 15 is 0 Å². The lowest BCUT2D eigenvalue weighted by atomic mass is 10.0. The summed E-state index contributed by atoms with van der Waals surface area (Å²) in [5.41, 5.74) is -3.48. The van der Waals surface area contributed by atoms with Crippen LogP contribution in [0.1, 0.15) is 13.8 Å². The van der Waals surface area contributed by atoms with Gasteiger partial charge in [0.15, 0.2) is 5.60 Å². The van der Waals surface area contributed by atoms with E-state index in [1.54, 1.807) is 0 Å². The third-order valence-electron chi connectivity index (χ3n) is 1.56. The molecule has 0 heterocycles. The normalized spacial score (nSPS) is 18.5. The summed E-state index contributed by atoms with van der Waals surface area (Å²) in [6.45, 7) is 2.09. The van der Waals surface area contributed by atoms with E-state index in [0.717, 1.165) is 13.8 Å². The van der Waals surface area contributed by atoms with E-state index in [1.165, 1.54) is 0 Å². The quantitative estimate of drug-likeness (QED) is 0.612. The Kier molecular flexibility index (Phi) is 2.96. The maximum Gasteiger partial charge on any atom is 0.336 e. The molecule has 6 heteroatoms. The standard InChI is InChI=1S/C5H9O5P/c1-3(11(9)10)5(2,8)4(6)7/h3,8H,1-2H3,(H,6,7). The molecule has 0 fully saturated rings. The molecule has 5 nitrogen and oxygen atoms in total. The number of aliphatic hydroxyl groups is 1. The molecule has 0 spiro atoms. The van der Waals surface area contributed by atoms with E-state index in [-0.39, 0.29) is 0 Å². The number of hydrogen-bond donors (Lipinski definition) is 2. The molecule has 0 amide bonds. The van der Waals surface area contributed by atoms with Crippen molar-refractivity contribution in [3.05, 3.63) is 0 Å². The third-order valence-corrected chi connectivity index (χ3v) is 2.70. The van der Waals surface area contributed by atoms with Crippen LogP contribution in [0, 0.1) is 0 Å². The number of rotatable bonds is 3. The van der Waals surface area contributed by atoms with Gasteiger partial charge in [-0.05, 0) is 13.8 Å². The van der Waals surface area contributed by atoms with E-state index in [0.29, 0.717) is 0 Å². The summed E-state index contributed by atoms with van der Waals surface area (Å²) in [6.07, 6.45) is 0. The Morgan fingerprint density at radius 3 is 2.00 bits per heavy atom. The maximum atomic E-state index is 10.3. The zero-order valence-corrected chi connectivity index (χ0v) is 7.04. The Bertz CT molecular complexity index is 221. The zero-order valence-electron chi connectivity index (χ0n) is 6.14. The van der Waals surface area contributed by atoms with E-state index < -0.39 is 24.9 Å². The van der Waals surface area contributed by atoms with Gasteiger partial charge in [-0.3, -0.25) is 0 Å². The lowest BCUT2D eigenvalue weighted by Gasteiger charge is -2.19. The van der Waals surface area contributed by atoms with Crippen molar-refractivity contribution in [1.29, 1.82) is 0 Å². The van der Waals surface area contributed by atoms with Crippen molar-refractivity contribution in [3.63, 3.8) is 0 Å². The van der Waals surface area contributed by atoms with Crippen molar-refractivity contribution in [2.45, 2.75) is 25.1 Å². The highest BCUT2D eigenvalue weighted by Crippen LogP contribution is 2.25. The van der Waals surface area contributed by atoms with Crippen LogP contribution in [0.2, 0.25) is 0 Å². The molecule has 64 valence electrons. The fraction of sp³-hybridized carbons (Fsp3) is 0.800. The molecule has 11 heavy (non-hydrogen) atoms. The first kappa shape index (κ1) is 10.3. The van der Waals surface area contributed by atoms with Crippen LogP contribution in [0.15, 0.2) is 0 Å². The van der Waals surface area contributed by atoms with Crippen molar-refractivity contribution in [3.8, 4) is 0 Å². The maximum absolute atomic E-state index is 10.3. The summed E-state index contributed by atoms with van der Waals surface area (Å²) in [5.74, 6) is -1.54. The summed E-state index contributed by atoms with van der Waals surface area (Å²) in [5, 5.41) is 17.4. The highest BCUT2D eigenvalue weighted by Gasteiger charge is 2.39. The SMILES string of the molecule is CC(P(=O)=O)C(C)(O)C(=O)O. The lowest BCUT2D eigenvalue weighted by molar-refractivity contribution is -0.156. The first-order valence-corrected chi connectivity index (χ1v) is 4.14. The minimum Gasteiger partial charge on any atom is -0.479 e. The van der Waals surface area contributed by atoms with Crippen LogP contribution in [0.5, 0.6) is 0 Å². The van der Waals surface area contributed by atoms with Gasteiger partial charge >= 0.3 is 13.6 Å². The highest BCUT2D eigenvalue weighted by atomic mass is 31.1. The number of carboxylic acid groups (broad SMARTS) is 1. The van der Waals surface area contributed by atoms with Crippen LogP contribution in [0.4, 0.5) is 0 Å². The highest BCUT2D eigenvalue weighted by molar-refractivity contribution is 7.31. The van der Waals surface area contributed by atoms with Gasteiger partial charge in [-0.15, -0.1) is 0 Å². The van der Waals surface area contributed by atoms with Crippen LogP contribution in [-0.2, 0) is 13.9 Å². The van der Waals surface area contributed by atoms with Gasteiger partial charge in [0.25, 0.3) is 0 Å². The minimum absolute atomic E-state index is 0.950. The van der Waals surface area contributed by atoms with Crippen molar-refractivity contribution in [1.82, 2.24) is 0 Å². The molecule has 0 bridgehead atoms. The number of carbonyl (C=O) groups is 1. The second kappa shape index (κ2) is 3.15. The topological polar surface area (TPSA) is 91.7 Å². The van der Waals surface area contributed by atoms with Crippen LogP contribution in [-0.4, -0.2) is 27.4 Å². The van der Waals surface area contributed by atoms with Gasteiger partial charge in [0.05, 0.1) is 0 Å². The van der Waals surface area contributed by atoms with Crippen molar-refractivity contribution >= 4 is 13.6 Å². The Balaban J connectivity index is 4.69. The largest absolute Gasteiger partial charge is 0.479 e. The van der Waals surface area contributed by atoms with Gasteiger partial charge in [0.2, 0.25) is 0 Å². The lowest BCUT2D eigenvalue weighted by Crippen LogP contribution is -2.42. The van der Waals surface area contributed by atoms with Crippen molar-refractivity contribution < 1.29 is 24.1 Å². The Labute approximate surface area is 63.9 Å². The summed E-state index contributed by atoms with van der Waals surface area (Å²) in [4.78, 5) is 10.2. The molecule has 0 saturated carbocycles. The molecule has 0 saturated heterocycles. The van der Waals surface area contributed by atoms with Crippen molar-refractivity contribution in [2.75, 3.05) is 0 Å². The molecule has 0 aliphatic carbocycles. The summed E-state index contributed by atoms with van der Waals surface area (Å²) in [7, 11) is -2.91. The van der Waals surface area contributed by atoms with Crippen LogP contribution in [0.3, 0.4) is 0 Å². The zero-order chi connectivity index (χ0) is 9.23. The van der Waals surface area contributed by atoms with Crippen molar-refractivity contribution in [2.24, 2.45) is 0 Å². The first-order chi connectivity index (χ1) is 4.80. The number of carboxylic acids is 1. The molecule has 0 rings (SSSR count). The van der Waals surface area contributed by atoms with E-state index in [4.69, 9.17) is 10.2 Å². The first-order valence-electron chi connectivity index (χ1n) is 2.89. The summed E-state index contributed by atoms with van der Waals surface area (Å²) in [6, 6.07) is 0. The third kappa shape index (κ3) is 2.13. The fourth-order valence-electron chi connectivity index (χ4n) is 0.384. The fourth-order valence-corrected chi connectivity index (χ4v) is 0.905. The molecule has 0 aliphatic rings. The van der Waals surface area contributed by atoms with E-state index in [2.05, 4.69) is 0 Å². The molecule has 2 N–H and O–H groups in total. The van der Waals surface area contributed by atoms with Gasteiger partial charge in [-0.25, -0.2) is 13.9 Å². The van der Waals surface area contributed by atoms with E-state index in [9.17, 15) is 13.9 Å². The summed E-state index contributed by atoms with van der Waals surface area (Å²) < 4.78 is 20.5. The smallest absolute Gasteiger partial charge is 0.336 e. The average molecular weight is 180 g/mol. The van der Waals surface area contributed by atoms with Gasteiger partial charge in [0.1, 0.15) is 5.66 Å². The average Bonchev–Trinajstić information content (AvgIpc) is 1.85. The second-order valence-corrected chi connectivity index (χ2v) is 3.76. The molecule has 0 radical (unpaired) electrons. The van der Waals surface area contributed by atoms with Gasteiger partial charge in [-0.2, -0.15) is 0 Å². The summed E-state index contributed by atoms with van der Waals surface area (Å²) >= 11 is 0. The number of hydrogen-bond acceptors (Lipinski definition) is 4. The monoisotopic (exact) mass is 180 g/mol. The minimum atomic E-state index is -2.91. The Hall–Kier alpha value is -0.670. The molecular weight excluding hydrogens is 171 g/mol. The molecule has 0 aromatic heterocycles. The molecule has 2 unspecified atom stereocenters. The molecule has 2 atom stereocenters. The van der Waals surface area contributed by atoms with Gasteiger partial charge < -0.3 is 10.2 Å². The number of aliphatic carboxylic acids is 1. The van der Waals surface area contributed by atoms with Crippen LogP contribution in [0.25, 0.3) is 0 Å². The molecule has 0 aromatic carbocycles.